The molecule has 3 aromatic rings. The minimum absolute atomic E-state index is 0.0277. The molecule has 0 radical (unpaired) electrons. The molecule has 0 N–H and O–H groups in total. The van der Waals surface area contributed by atoms with Gasteiger partial charge in [0.15, 0.2) is 17.3 Å². The molecular formula is C18H15N5O4S. The van der Waals surface area contributed by atoms with E-state index in [2.05, 4.69) is 15.3 Å². The van der Waals surface area contributed by atoms with Crippen molar-refractivity contribution in [2.24, 2.45) is 5.10 Å². The summed E-state index contributed by atoms with van der Waals surface area (Å²) in [7, 11) is 3.14. The Hall–Kier alpha value is -3.40. The third-order valence-electron chi connectivity index (χ3n) is 4.20. The van der Waals surface area contributed by atoms with Crippen LogP contribution in [-0.2, 0) is 0 Å². The second-order valence-electron chi connectivity index (χ2n) is 5.83. The fourth-order valence-electron chi connectivity index (χ4n) is 2.82. The van der Waals surface area contributed by atoms with E-state index < -0.39 is 4.92 Å². The van der Waals surface area contributed by atoms with Crippen LogP contribution in [0.1, 0.15) is 5.56 Å². The lowest BCUT2D eigenvalue weighted by Crippen LogP contribution is -2.14. The Bertz CT molecular complexity index is 1100. The van der Waals surface area contributed by atoms with Gasteiger partial charge in [-0.25, -0.2) is 0 Å². The number of nitro groups is 1. The molecule has 142 valence electrons. The van der Waals surface area contributed by atoms with Gasteiger partial charge in [-0.15, -0.1) is 10.2 Å². The molecule has 0 saturated carbocycles. The van der Waals surface area contributed by atoms with Crippen molar-refractivity contribution in [1.29, 1.82) is 0 Å². The normalized spacial score (nSPS) is 12.9. The number of aromatic nitrogens is 3. The lowest BCUT2D eigenvalue weighted by Gasteiger charge is -2.14. The van der Waals surface area contributed by atoms with E-state index in [9.17, 15) is 10.1 Å². The van der Waals surface area contributed by atoms with Gasteiger partial charge >= 0.3 is 0 Å². The first-order valence-corrected chi connectivity index (χ1v) is 9.22. The standard InChI is InChI=1S/C18H15N5O4S/c1-26-15-7-6-12(9-16(15)27-2)17-19-20-18-22(17)21-14(10-28-18)11-4-3-5-13(8-11)23(24)25/h3-9H,10H2,1-2H3. The molecule has 2 aromatic carbocycles. The summed E-state index contributed by atoms with van der Waals surface area (Å²) in [5.74, 6) is 2.28. The fourth-order valence-corrected chi connectivity index (χ4v) is 3.66. The Labute approximate surface area is 164 Å². The summed E-state index contributed by atoms with van der Waals surface area (Å²) >= 11 is 1.47. The smallest absolute Gasteiger partial charge is 0.270 e. The molecule has 10 heteroatoms. The van der Waals surface area contributed by atoms with Gasteiger partial charge in [-0.3, -0.25) is 10.1 Å². The average Bonchev–Trinajstić information content (AvgIpc) is 3.16. The van der Waals surface area contributed by atoms with Crippen LogP contribution in [0.3, 0.4) is 0 Å². The fraction of sp³-hybridized carbons (Fsp3) is 0.167. The predicted molar refractivity (Wildman–Crippen MR) is 104 cm³/mol. The quantitative estimate of drug-likeness (QED) is 0.481. The predicted octanol–water partition coefficient (Wildman–Crippen LogP) is 3.23. The van der Waals surface area contributed by atoms with Crippen molar-refractivity contribution >= 4 is 23.2 Å². The van der Waals surface area contributed by atoms with Crippen molar-refractivity contribution in [3.8, 4) is 22.9 Å². The molecule has 1 aromatic heterocycles. The van der Waals surface area contributed by atoms with E-state index in [0.29, 0.717) is 39.5 Å². The van der Waals surface area contributed by atoms with Gasteiger partial charge in [0.25, 0.3) is 5.69 Å². The maximum absolute atomic E-state index is 11.1. The Morgan fingerprint density at radius 3 is 2.64 bits per heavy atom. The number of non-ortho nitro benzene ring substituents is 1. The molecule has 0 aliphatic carbocycles. The molecular weight excluding hydrogens is 382 g/mol. The zero-order valence-electron chi connectivity index (χ0n) is 15.0. The highest BCUT2D eigenvalue weighted by Gasteiger charge is 2.22. The van der Waals surface area contributed by atoms with Crippen LogP contribution < -0.4 is 9.47 Å². The molecule has 9 nitrogen and oxygen atoms in total. The van der Waals surface area contributed by atoms with E-state index in [4.69, 9.17) is 9.47 Å². The summed E-state index contributed by atoms with van der Waals surface area (Å²) in [4.78, 5) is 10.6. The minimum atomic E-state index is -0.417. The lowest BCUT2D eigenvalue weighted by molar-refractivity contribution is -0.384. The van der Waals surface area contributed by atoms with Crippen LogP contribution in [0.2, 0.25) is 0 Å². The highest BCUT2D eigenvalue weighted by Crippen LogP contribution is 2.34. The monoisotopic (exact) mass is 397 g/mol. The van der Waals surface area contributed by atoms with Crippen molar-refractivity contribution in [1.82, 2.24) is 14.9 Å². The van der Waals surface area contributed by atoms with Gasteiger partial charge < -0.3 is 9.47 Å². The first-order chi connectivity index (χ1) is 13.6. The zero-order chi connectivity index (χ0) is 19.7. The second-order valence-corrected chi connectivity index (χ2v) is 6.77. The highest BCUT2D eigenvalue weighted by atomic mass is 32.2. The molecule has 2 heterocycles. The highest BCUT2D eigenvalue weighted by molar-refractivity contribution is 7.99. The Balaban J connectivity index is 1.77. The van der Waals surface area contributed by atoms with Crippen molar-refractivity contribution in [2.45, 2.75) is 5.16 Å². The van der Waals surface area contributed by atoms with Crippen molar-refractivity contribution in [2.75, 3.05) is 20.0 Å². The first kappa shape index (κ1) is 18.0. The van der Waals surface area contributed by atoms with E-state index in [0.717, 1.165) is 5.56 Å². The largest absolute Gasteiger partial charge is 0.493 e. The van der Waals surface area contributed by atoms with E-state index in [1.165, 1.54) is 23.9 Å². The van der Waals surface area contributed by atoms with Crippen LogP contribution in [0.15, 0.2) is 52.7 Å². The van der Waals surface area contributed by atoms with E-state index in [1.807, 2.05) is 6.07 Å². The lowest BCUT2D eigenvalue weighted by atomic mass is 10.1. The Morgan fingerprint density at radius 1 is 1.07 bits per heavy atom. The summed E-state index contributed by atoms with van der Waals surface area (Å²) in [6.07, 6.45) is 0. The molecule has 0 fully saturated rings. The number of rotatable bonds is 5. The first-order valence-electron chi connectivity index (χ1n) is 8.24. The molecule has 0 bridgehead atoms. The molecule has 0 spiro atoms. The molecule has 1 aliphatic rings. The van der Waals surface area contributed by atoms with Gasteiger partial charge in [-0.1, -0.05) is 23.9 Å². The zero-order valence-corrected chi connectivity index (χ0v) is 15.8. The van der Waals surface area contributed by atoms with Crippen LogP contribution >= 0.6 is 11.8 Å². The third kappa shape index (κ3) is 3.18. The van der Waals surface area contributed by atoms with E-state index in [-0.39, 0.29) is 5.69 Å². The molecule has 0 atom stereocenters. The van der Waals surface area contributed by atoms with Gasteiger partial charge in [-0.05, 0) is 18.2 Å². The number of thioether (sulfide) groups is 1. The van der Waals surface area contributed by atoms with Crippen LogP contribution in [0.25, 0.3) is 11.4 Å². The SMILES string of the molecule is COc1ccc(-c2nnc3n2N=C(c2cccc([N+](=O)[O-])c2)CS3)cc1OC. The third-order valence-corrected chi connectivity index (χ3v) is 5.13. The van der Waals surface area contributed by atoms with E-state index in [1.54, 1.807) is 43.2 Å². The van der Waals surface area contributed by atoms with Crippen molar-refractivity contribution in [3.05, 3.63) is 58.1 Å². The average molecular weight is 397 g/mol. The van der Waals surface area contributed by atoms with Gasteiger partial charge in [0.2, 0.25) is 5.16 Å². The van der Waals surface area contributed by atoms with Gasteiger partial charge in [-0.2, -0.15) is 9.78 Å². The molecule has 0 amide bonds. The summed E-state index contributed by atoms with van der Waals surface area (Å²) in [6.45, 7) is 0. The maximum Gasteiger partial charge on any atom is 0.270 e. The topological polar surface area (TPSA) is 105 Å². The number of hydrogen-bond donors (Lipinski definition) is 0. The number of methoxy groups -OCH3 is 2. The van der Waals surface area contributed by atoms with Crippen molar-refractivity contribution < 1.29 is 14.4 Å². The Kier molecular flexibility index (Phi) is 4.70. The van der Waals surface area contributed by atoms with Crippen LogP contribution in [0.5, 0.6) is 11.5 Å². The molecule has 28 heavy (non-hydrogen) atoms. The van der Waals surface area contributed by atoms with Crippen LogP contribution in [0, 0.1) is 10.1 Å². The van der Waals surface area contributed by atoms with Crippen LogP contribution in [0.4, 0.5) is 5.69 Å². The number of fused-ring (bicyclic) bond motifs is 1. The summed E-state index contributed by atoms with van der Waals surface area (Å²) in [5, 5.41) is 24.8. The molecule has 4 rings (SSSR count). The van der Waals surface area contributed by atoms with Gasteiger partial charge in [0, 0.05) is 29.0 Å². The van der Waals surface area contributed by atoms with Crippen LogP contribution in [-0.4, -0.2) is 45.5 Å². The number of nitro benzene ring substituents is 1. The number of benzene rings is 2. The van der Waals surface area contributed by atoms with Gasteiger partial charge in [0.05, 0.1) is 24.9 Å². The minimum Gasteiger partial charge on any atom is -0.493 e. The second kappa shape index (κ2) is 7.31. The van der Waals surface area contributed by atoms with E-state index >= 15 is 0 Å². The summed E-state index contributed by atoms with van der Waals surface area (Å²) in [5.41, 5.74) is 2.20. The number of nitrogens with zero attached hydrogens (tertiary/aromatic N) is 5. The number of hydrogen-bond acceptors (Lipinski definition) is 8. The molecule has 0 saturated heterocycles. The van der Waals surface area contributed by atoms with Gasteiger partial charge in [0.1, 0.15) is 0 Å². The summed E-state index contributed by atoms with van der Waals surface area (Å²) in [6, 6.07) is 11.9. The van der Waals surface area contributed by atoms with Crippen molar-refractivity contribution in [3.63, 3.8) is 0 Å². The molecule has 1 aliphatic heterocycles. The maximum atomic E-state index is 11.1. The molecule has 0 unspecified atom stereocenters. The number of ether oxygens (including phenoxy) is 2. The Morgan fingerprint density at radius 2 is 1.89 bits per heavy atom. The summed E-state index contributed by atoms with van der Waals surface area (Å²) < 4.78 is 12.3.